The third-order valence-electron chi connectivity index (χ3n) is 4.95. The third kappa shape index (κ3) is 5.54. The van der Waals surface area contributed by atoms with Crippen molar-refractivity contribution in [1.82, 2.24) is 9.29 Å². The quantitative estimate of drug-likeness (QED) is 0.503. The molecular formula is C22H23N3O3S3. The van der Waals surface area contributed by atoms with Gasteiger partial charge in [0.05, 0.1) is 16.3 Å². The van der Waals surface area contributed by atoms with Crippen LogP contribution in [0.1, 0.15) is 19.3 Å². The number of aromatic nitrogens is 1. The second-order valence-corrected chi connectivity index (χ2v) is 11.2. The summed E-state index contributed by atoms with van der Waals surface area (Å²) >= 11 is 2.87. The molecule has 0 spiro atoms. The van der Waals surface area contributed by atoms with Gasteiger partial charge in [-0.25, -0.2) is 13.4 Å². The average Bonchev–Trinajstić information content (AvgIpc) is 3.28. The van der Waals surface area contributed by atoms with E-state index in [1.807, 2.05) is 35.7 Å². The smallest absolute Gasteiger partial charge is 0.243 e. The fraction of sp³-hybridized carbons (Fsp3) is 0.273. The number of carbonyl (C=O) groups is 1. The van der Waals surface area contributed by atoms with Crippen LogP contribution in [0.4, 0.5) is 5.69 Å². The van der Waals surface area contributed by atoms with Crippen LogP contribution in [0.2, 0.25) is 0 Å². The first-order valence-electron chi connectivity index (χ1n) is 10.1. The van der Waals surface area contributed by atoms with E-state index in [1.165, 1.54) is 33.5 Å². The van der Waals surface area contributed by atoms with Crippen molar-refractivity contribution in [1.29, 1.82) is 0 Å². The van der Waals surface area contributed by atoms with Crippen LogP contribution in [0, 0.1) is 0 Å². The lowest BCUT2D eigenvalue weighted by Crippen LogP contribution is -2.35. The van der Waals surface area contributed by atoms with E-state index in [4.69, 9.17) is 0 Å². The number of nitrogens with zero attached hydrogens (tertiary/aromatic N) is 2. The van der Waals surface area contributed by atoms with Gasteiger partial charge in [-0.15, -0.1) is 11.3 Å². The minimum absolute atomic E-state index is 0.199. The maximum atomic E-state index is 12.9. The van der Waals surface area contributed by atoms with E-state index in [1.54, 1.807) is 18.2 Å². The van der Waals surface area contributed by atoms with Crippen molar-refractivity contribution < 1.29 is 13.2 Å². The highest BCUT2D eigenvalue weighted by atomic mass is 32.2. The van der Waals surface area contributed by atoms with Gasteiger partial charge in [0.1, 0.15) is 0 Å². The van der Waals surface area contributed by atoms with E-state index >= 15 is 0 Å². The molecule has 0 bridgehead atoms. The molecule has 2 heterocycles. The monoisotopic (exact) mass is 473 g/mol. The molecule has 6 nitrogen and oxygen atoms in total. The Hall–Kier alpha value is -2.20. The average molecular weight is 474 g/mol. The molecule has 1 amide bonds. The van der Waals surface area contributed by atoms with Crippen molar-refractivity contribution in [3.8, 4) is 11.3 Å². The van der Waals surface area contributed by atoms with Crippen LogP contribution in [-0.4, -0.2) is 42.5 Å². The van der Waals surface area contributed by atoms with E-state index in [0.717, 1.165) is 34.9 Å². The summed E-state index contributed by atoms with van der Waals surface area (Å²) in [6.45, 7) is 1.10. The molecule has 4 rings (SSSR count). The number of hydrogen-bond donors (Lipinski definition) is 1. The number of piperidine rings is 1. The van der Waals surface area contributed by atoms with Gasteiger partial charge in [0.25, 0.3) is 0 Å². The molecule has 162 valence electrons. The molecule has 0 radical (unpaired) electrons. The summed E-state index contributed by atoms with van der Waals surface area (Å²) in [7, 11) is -3.53. The normalized spacial score (nSPS) is 15.0. The summed E-state index contributed by atoms with van der Waals surface area (Å²) in [5.74, 6) is -0.000765. The molecule has 1 saturated heterocycles. The van der Waals surface area contributed by atoms with Crippen LogP contribution < -0.4 is 5.32 Å². The van der Waals surface area contributed by atoms with Gasteiger partial charge >= 0.3 is 0 Å². The molecule has 0 unspecified atom stereocenters. The molecular weight excluding hydrogens is 450 g/mol. The molecule has 0 atom stereocenters. The zero-order chi connectivity index (χ0) is 21.7. The number of hydrogen-bond acceptors (Lipinski definition) is 6. The largest absolute Gasteiger partial charge is 0.325 e. The van der Waals surface area contributed by atoms with Crippen molar-refractivity contribution in [2.45, 2.75) is 28.5 Å². The molecule has 0 aliphatic carbocycles. The molecule has 1 aliphatic rings. The lowest BCUT2D eigenvalue weighted by Gasteiger charge is -2.26. The highest BCUT2D eigenvalue weighted by Gasteiger charge is 2.26. The Morgan fingerprint density at radius 3 is 2.61 bits per heavy atom. The number of benzene rings is 2. The Bertz CT molecular complexity index is 1140. The van der Waals surface area contributed by atoms with E-state index in [9.17, 15) is 13.2 Å². The molecule has 0 saturated carbocycles. The number of thiazole rings is 1. The highest BCUT2D eigenvalue weighted by Crippen LogP contribution is 2.28. The Morgan fingerprint density at radius 1 is 1.06 bits per heavy atom. The van der Waals surface area contributed by atoms with Gasteiger partial charge in [-0.1, -0.05) is 54.6 Å². The van der Waals surface area contributed by atoms with Crippen molar-refractivity contribution in [3.05, 3.63) is 60.0 Å². The van der Waals surface area contributed by atoms with Crippen molar-refractivity contribution in [2.75, 3.05) is 24.2 Å². The highest BCUT2D eigenvalue weighted by molar-refractivity contribution is 8.01. The zero-order valence-electron chi connectivity index (χ0n) is 16.9. The minimum atomic E-state index is -3.53. The fourth-order valence-electron chi connectivity index (χ4n) is 3.38. The van der Waals surface area contributed by atoms with Crippen molar-refractivity contribution in [2.24, 2.45) is 0 Å². The van der Waals surface area contributed by atoms with Gasteiger partial charge in [0.15, 0.2) is 4.34 Å². The number of amides is 1. The molecule has 9 heteroatoms. The fourth-order valence-corrected chi connectivity index (χ4v) is 6.58. The van der Waals surface area contributed by atoms with Crippen LogP contribution in [0.15, 0.2) is 69.2 Å². The number of anilines is 1. The lowest BCUT2D eigenvalue weighted by atomic mass is 10.2. The Balaban J connectivity index is 1.36. The predicted octanol–water partition coefficient (Wildman–Crippen LogP) is 4.72. The number of sulfonamides is 1. The lowest BCUT2D eigenvalue weighted by molar-refractivity contribution is -0.113. The second kappa shape index (κ2) is 9.95. The van der Waals surface area contributed by atoms with Gasteiger partial charge in [-0.05, 0) is 31.0 Å². The standard InChI is InChI=1S/C22H23N3O3S3/c26-21(16-30-22-24-20(15-29-22)17-8-3-1-4-9-17)23-18-10-7-11-19(14-18)31(27,28)25-12-5-2-6-13-25/h1,3-4,7-11,14-15H,2,5-6,12-13,16H2,(H,23,26). The summed E-state index contributed by atoms with van der Waals surface area (Å²) in [5, 5.41) is 4.78. The maximum absolute atomic E-state index is 12.9. The first-order chi connectivity index (χ1) is 15.0. The molecule has 31 heavy (non-hydrogen) atoms. The van der Waals surface area contributed by atoms with Crippen LogP contribution >= 0.6 is 23.1 Å². The van der Waals surface area contributed by atoms with Crippen molar-refractivity contribution in [3.63, 3.8) is 0 Å². The van der Waals surface area contributed by atoms with Crippen LogP contribution in [-0.2, 0) is 14.8 Å². The number of thioether (sulfide) groups is 1. The number of nitrogens with one attached hydrogen (secondary N) is 1. The van der Waals surface area contributed by atoms with Crippen LogP contribution in [0.5, 0.6) is 0 Å². The maximum Gasteiger partial charge on any atom is 0.243 e. The van der Waals surface area contributed by atoms with E-state index < -0.39 is 10.0 Å². The Labute approximate surface area is 190 Å². The molecule has 1 N–H and O–H groups in total. The molecule has 1 fully saturated rings. The van der Waals surface area contributed by atoms with E-state index in [-0.39, 0.29) is 16.6 Å². The summed E-state index contributed by atoms with van der Waals surface area (Å²) in [4.78, 5) is 17.2. The van der Waals surface area contributed by atoms with Gasteiger partial charge < -0.3 is 5.32 Å². The first-order valence-corrected chi connectivity index (χ1v) is 13.4. The second-order valence-electron chi connectivity index (χ2n) is 7.19. The van der Waals surface area contributed by atoms with Gasteiger partial charge in [0.2, 0.25) is 15.9 Å². The molecule has 2 aromatic carbocycles. The topological polar surface area (TPSA) is 79.4 Å². The summed E-state index contributed by atoms with van der Waals surface area (Å²) in [5.41, 5.74) is 2.42. The van der Waals surface area contributed by atoms with Gasteiger partial charge in [-0.2, -0.15) is 4.31 Å². The first kappa shape index (κ1) is 22.0. The predicted molar refractivity (Wildman–Crippen MR) is 126 cm³/mol. The third-order valence-corrected chi connectivity index (χ3v) is 8.87. The van der Waals surface area contributed by atoms with Gasteiger partial charge in [0, 0.05) is 29.7 Å². The zero-order valence-corrected chi connectivity index (χ0v) is 19.3. The Morgan fingerprint density at radius 2 is 1.84 bits per heavy atom. The number of carbonyl (C=O) groups excluding carboxylic acids is 1. The van der Waals surface area contributed by atoms with E-state index in [0.29, 0.717) is 18.8 Å². The molecule has 3 aromatic rings. The minimum Gasteiger partial charge on any atom is -0.325 e. The molecule has 1 aliphatic heterocycles. The summed E-state index contributed by atoms with van der Waals surface area (Å²) < 4.78 is 28.1. The van der Waals surface area contributed by atoms with Crippen LogP contribution in [0.25, 0.3) is 11.3 Å². The van der Waals surface area contributed by atoms with Gasteiger partial charge in [-0.3, -0.25) is 4.79 Å². The van der Waals surface area contributed by atoms with Crippen LogP contribution in [0.3, 0.4) is 0 Å². The SMILES string of the molecule is O=C(CSc1nc(-c2ccccc2)cs1)Nc1cccc(S(=O)(=O)N2CCCCC2)c1. The summed E-state index contributed by atoms with van der Waals surface area (Å²) in [6.07, 6.45) is 2.83. The Kier molecular flexibility index (Phi) is 7.06. The summed E-state index contributed by atoms with van der Waals surface area (Å²) in [6, 6.07) is 16.4. The number of rotatable bonds is 7. The molecule has 1 aromatic heterocycles. The van der Waals surface area contributed by atoms with E-state index in [2.05, 4.69) is 10.3 Å². The van der Waals surface area contributed by atoms with Crippen molar-refractivity contribution >= 4 is 44.7 Å².